The summed E-state index contributed by atoms with van der Waals surface area (Å²) >= 11 is 3.38. The van der Waals surface area contributed by atoms with Crippen LogP contribution in [0.1, 0.15) is 11.4 Å². The van der Waals surface area contributed by atoms with Crippen molar-refractivity contribution in [2.75, 3.05) is 5.32 Å². The van der Waals surface area contributed by atoms with E-state index in [2.05, 4.69) is 31.2 Å². The molecule has 1 heterocycles. The minimum absolute atomic E-state index is 0.246. The Bertz CT molecular complexity index is 531. The second-order valence-corrected chi connectivity index (χ2v) is 4.43. The molecule has 0 aliphatic heterocycles. The van der Waals surface area contributed by atoms with Crippen LogP contribution in [0.4, 0.5) is 10.2 Å². The number of halogens is 2. The highest BCUT2D eigenvalue weighted by Crippen LogP contribution is 2.18. The highest BCUT2D eigenvalue weighted by atomic mass is 79.9. The lowest BCUT2D eigenvalue weighted by atomic mass is 10.2. The van der Waals surface area contributed by atoms with Crippen molar-refractivity contribution in [1.82, 2.24) is 9.97 Å². The number of hydrogen-bond donors (Lipinski definition) is 1. The number of benzene rings is 1. The molecule has 1 aromatic carbocycles. The van der Waals surface area contributed by atoms with E-state index < -0.39 is 0 Å². The standard InChI is InChI=1S/C12H11BrFN3/c1-8-15-5-4-12(17-8)16-7-9-6-10(14)2-3-11(9)13/h2-6H,7H2,1H3,(H,15,16,17). The molecule has 0 unspecified atom stereocenters. The van der Waals surface area contributed by atoms with Gasteiger partial charge in [0.05, 0.1) is 0 Å². The molecule has 5 heteroatoms. The maximum atomic E-state index is 13.1. The van der Waals surface area contributed by atoms with E-state index in [-0.39, 0.29) is 5.82 Å². The molecule has 0 radical (unpaired) electrons. The summed E-state index contributed by atoms with van der Waals surface area (Å²) in [7, 11) is 0. The Morgan fingerprint density at radius 3 is 2.94 bits per heavy atom. The molecule has 0 fully saturated rings. The zero-order valence-electron chi connectivity index (χ0n) is 9.24. The van der Waals surface area contributed by atoms with Gasteiger partial charge >= 0.3 is 0 Å². The zero-order valence-corrected chi connectivity index (χ0v) is 10.8. The lowest BCUT2D eigenvalue weighted by Crippen LogP contribution is -2.03. The van der Waals surface area contributed by atoms with Crippen molar-refractivity contribution in [3.63, 3.8) is 0 Å². The number of nitrogens with one attached hydrogen (secondary N) is 1. The summed E-state index contributed by atoms with van der Waals surface area (Å²) < 4.78 is 13.9. The predicted molar refractivity (Wildman–Crippen MR) is 68.2 cm³/mol. The summed E-state index contributed by atoms with van der Waals surface area (Å²) in [6, 6.07) is 6.38. The van der Waals surface area contributed by atoms with Gasteiger partial charge < -0.3 is 5.32 Å². The Hall–Kier alpha value is -1.49. The molecule has 3 nitrogen and oxygen atoms in total. The monoisotopic (exact) mass is 295 g/mol. The van der Waals surface area contributed by atoms with Gasteiger partial charge in [0.15, 0.2) is 0 Å². The second-order valence-electron chi connectivity index (χ2n) is 3.58. The third kappa shape index (κ3) is 3.23. The second kappa shape index (κ2) is 5.23. The van der Waals surface area contributed by atoms with E-state index in [1.54, 1.807) is 18.3 Å². The van der Waals surface area contributed by atoms with Crippen LogP contribution < -0.4 is 5.32 Å². The smallest absolute Gasteiger partial charge is 0.129 e. The predicted octanol–water partition coefficient (Wildman–Crippen LogP) is 3.30. The maximum Gasteiger partial charge on any atom is 0.129 e. The van der Waals surface area contributed by atoms with E-state index in [4.69, 9.17) is 0 Å². The van der Waals surface area contributed by atoms with Crippen LogP contribution >= 0.6 is 15.9 Å². The fourth-order valence-electron chi connectivity index (χ4n) is 1.42. The number of anilines is 1. The van der Waals surface area contributed by atoms with Gasteiger partial charge in [-0.1, -0.05) is 15.9 Å². The van der Waals surface area contributed by atoms with Crippen LogP contribution in [0.25, 0.3) is 0 Å². The Morgan fingerprint density at radius 2 is 2.18 bits per heavy atom. The first kappa shape index (κ1) is 12.0. The first-order valence-electron chi connectivity index (χ1n) is 5.12. The van der Waals surface area contributed by atoms with Gasteiger partial charge in [-0.2, -0.15) is 0 Å². The van der Waals surface area contributed by atoms with Gasteiger partial charge in [-0.05, 0) is 36.8 Å². The minimum Gasteiger partial charge on any atom is -0.366 e. The molecule has 1 N–H and O–H groups in total. The normalized spacial score (nSPS) is 10.3. The Balaban J connectivity index is 2.09. The number of nitrogens with zero attached hydrogens (tertiary/aromatic N) is 2. The first-order valence-corrected chi connectivity index (χ1v) is 5.92. The van der Waals surface area contributed by atoms with Crippen molar-refractivity contribution in [2.45, 2.75) is 13.5 Å². The largest absolute Gasteiger partial charge is 0.366 e. The van der Waals surface area contributed by atoms with Crippen LogP contribution in [-0.4, -0.2) is 9.97 Å². The summed E-state index contributed by atoms with van der Waals surface area (Å²) in [5.74, 6) is 1.19. The van der Waals surface area contributed by atoms with E-state index in [0.717, 1.165) is 15.9 Å². The molecule has 0 saturated carbocycles. The van der Waals surface area contributed by atoms with Gasteiger partial charge in [0.2, 0.25) is 0 Å². The van der Waals surface area contributed by atoms with Gasteiger partial charge in [0.1, 0.15) is 17.5 Å². The molecule has 2 rings (SSSR count). The topological polar surface area (TPSA) is 37.8 Å². The molecular weight excluding hydrogens is 285 g/mol. The van der Waals surface area contributed by atoms with Gasteiger partial charge in [0.25, 0.3) is 0 Å². The average Bonchev–Trinajstić information content (AvgIpc) is 2.30. The molecular formula is C12H11BrFN3. The lowest BCUT2D eigenvalue weighted by molar-refractivity contribution is 0.625. The van der Waals surface area contributed by atoms with Crippen molar-refractivity contribution in [2.24, 2.45) is 0 Å². The van der Waals surface area contributed by atoms with Crippen molar-refractivity contribution < 1.29 is 4.39 Å². The van der Waals surface area contributed by atoms with Gasteiger partial charge in [-0.15, -0.1) is 0 Å². The summed E-state index contributed by atoms with van der Waals surface area (Å²) in [4.78, 5) is 8.22. The quantitative estimate of drug-likeness (QED) is 0.944. The molecule has 0 bridgehead atoms. The molecule has 2 aromatic rings. The maximum absolute atomic E-state index is 13.1. The van der Waals surface area contributed by atoms with Crippen molar-refractivity contribution in [3.05, 3.63) is 52.1 Å². The molecule has 1 aromatic heterocycles. The van der Waals surface area contributed by atoms with Crippen LogP contribution in [0.5, 0.6) is 0 Å². The van der Waals surface area contributed by atoms with Gasteiger partial charge in [0, 0.05) is 17.2 Å². The third-order valence-electron chi connectivity index (χ3n) is 2.24. The highest BCUT2D eigenvalue weighted by molar-refractivity contribution is 9.10. The molecule has 17 heavy (non-hydrogen) atoms. The molecule has 0 aliphatic rings. The zero-order chi connectivity index (χ0) is 12.3. The van der Waals surface area contributed by atoms with E-state index >= 15 is 0 Å². The Kier molecular flexibility index (Phi) is 3.68. The molecule has 0 aliphatic carbocycles. The van der Waals surface area contributed by atoms with Gasteiger partial charge in [-0.25, -0.2) is 14.4 Å². The summed E-state index contributed by atoms with van der Waals surface area (Å²) in [6.45, 7) is 2.33. The van der Waals surface area contributed by atoms with Crippen LogP contribution in [0.15, 0.2) is 34.9 Å². The summed E-state index contributed by atoms with van der Waals surface area (Å²) in [5.41, 5.74) is 0.848. The van der Waals surface area contributed by atoms with E-state index in [1.807, 2.05) is 6.92 Å². The molecule has 0 atom stereocenters. The van der Waals surface area contributed by atoms with E-state index in [1.165, 1.54) is 12.1 Å². The van der Waals surface area contributed by atoms with Crippen molar-refractivity contribution in [3.8, 4) is 0 Å². The molecule has 0 amide bonds. The Labute approximate surface area is 107 Å². The highest BCUT2D eigenvalue weighted by Gasteiger charge is 2.02. The first-order chi connectivity index (χ1) is 8.15. The fraction of sp³-hybridized carbons (Fsp3) is 0.167. The SMILES string of the molecule is Cc1nccc(NCc2cc(F)ccc2Br)n1. The fourth-order valence-corrected chi connectivity index (χ4v) is 1.81. The molecule has 0 saturated heterocycles. The Morgan fingerprint density at radius 1 is 1.35 bits per heavy atom. The lowest BCUT2D eigenvalue weighted by Gasteiger charge is -2.07. The average molecular weight is 296 g/mol. The van der Waals surface area contributed by atoms with Crippen LogP contribution in [0, 0.1) is 12.7 Å². The number of hydrogen-bond acceptors (Lipinski definition) is 3. The summed E-state index contributed by atoms with van der Waals surface area (Å²) in [6.07, 6.45) is 1.69. The van der Waals surface area contributed by atoms with Gasteiger partial charge in [-0.3, -0.25) is 0 Å². The third-order valence-corrected chi connectivity index (χ3v) is 3.02. The number of aromatic nitrogens is 2. The molecule has 0 spiro atoms. The number of rotatable bonds is 3. The van der Waals surface area contributed by atoms with Crippen LogP contribution in [0.3, 0.4) is 0 Å². The van der Waals surface area contributed by atoms with Crippen molar-refractivity contribution >= 4 is 21.7 Å². The van der Waals surface area contributed by atoms with Crippen LogP contribution in [-0.2, 0) is 6.54 Å². The van der Waals surface area contributed by atoms with Crippen LogP contribution in [0.2, 0.25) is 0 Å². The molecule has 88 valence electrons. The summed E-state index contributed by atoms with van der Waals surface area (Å²) in [5, 5.41) is 3.12. The van der Waals surface area contributed by atoms with Crippen molar-refractivity contribution in [1.29, 1.82) is 0 Å². The van der Waals surface area contributed by atoms with E-state index in [9.17, 15) is 4.39 Å². The number of aryl methyl sites for hydroxylation is 1. The van der Waals surface area contributed by atoms with E-state index in [0.29, 0.717) is 12.4 Å². The minimum atomic E-state index is -0.246.